The van der Waals surface area contributed by atoms with Crippen LogP contribution in [0.15, 0.2) is 48.5 Å². The summed E-state index contributed by atoms with van der Waals surface area (Å²) >= 11 is 0. The van der Waals surface area contributed by atoms with Gasteiger partial charge in [-0.3, -0.25) is 19.3 Å². The fourth-order valence-electron chi connectivity index (χ4n) is 4.45. The number of amides is 2. The molecule has 0 spiro atoms. The molecule has 1 saturated carbocycles. The number of ether oxygens (including phenoxy) is 1. The highest BCUT2D eigenvalue weighted by Gasteiger charge is 2.35. The van der Waals surface area contributed by atoms with Gasteiger partial charge in [0, 0.05) is 18.9 Å². The van der Waals surface area contributed by atoms with Gasteiger partial charge in [-0.2, -0.15) is 0 Å². The van der Waals surface area contributed by atoms with Crippen molar-refractivity contribution in [3.8, 4) is 5.75 Å². The molecule has 0 aromatic heterocycles. The third-order valence-electron chi connectivity index (χ3n) is 6.25. The Bertz CT molecular complexity index is 983. The molecule has 3 rings (SSSR count). The Balaban J connectivity index is 2.03. The van der Waals surface area contributed by atoms with Crippen LogP contribution in [-0.4, -0.2) is 36.0 Å². The highest BCUT2D eigenvalue weighted by Crippen LogP contribution is 2.36. The summed E-state index contributed by atoms with van der Waals surface area (Å²) in [7, 11) is 1.52. The predicted octanol–water partition coefficient (Wildman–Crippen LogP) is 4.78. The van der Waals surface area contributed by atoms with E-state index in [0.717, 1.165) is 31.2 Å². The molecule has 1 atom stereocenters. The SMILES string of the molecule is COc1ccccc1N(C(=O)CCCC(=O)O)C(C(=O)NC1CCCCC1)c1ccc(C)cc1. The Morgan fingerprint density at radius 1 is 1.03 bits per heavy atom. The normalized spacial score (nSPS) is 14.8. The smallest absolute Gasteiger partial charge is 0.303 e. The zero-order valence-electron chi connectivity index (χ0n) is 20.0. The summed E-state index contributed by atoms with van der Waals surface area (Å²) in [5.74, 6) is -1.05. The molecule has 182 valence electrons. The quantitative estimate of drug-likeness (QED) is 0.525. The Hall–Kier alpha value is -3.35. The number of nitrogens with one attached hydrogen (secondary N) is 1. The van der Waals surface area contributed by atoms with Gasteiger partial charge in [-0.15, -0.1) is 0 Å². The summed E-state index contributed by atoms with van der Waals surface area (Å²) < 4.78 is 5.53. The standard InChI is InChI=1S/C27H34N2O5/c1-19-15-17-20(18-16-19)26(27(33)28-21-9-4-3-5-10-21)29(24(30)13-8-14-25(31)32)22-11-6-7-12-23(22)34-2/h6-7,11-12,15-18,21,26H,3-5,8-10,13-14H2,1-2H3,(H,28,33)(H,31,32). The zero-order chi connectivity index (χ0) is 24.5. The van der Waals surface area contributed by atoms with Crippen LogP contribution in [0.25, 0.3) is 0 Å². The van der Waals surface area contributed by atoms with Crippen LogP contribution in [0, 0.1) is 6.92 Å². The summed E-state index contributed by atoms with van der Waals surface area (Å²) in [5.41, 5.74) is 2.22. The number of carboxylic acids is 1. The minimum absolute atomic E-state index is 0.00339. The summed E-state index contributed by atoms with van der Waals surface area (Å²) in [6.07, 6.45) is 5.24. The number of carboxylic acid groups (broad SMARTS) is 1. The van der Waals surface area contributed by atoms with Crippen molar-refractivity contribution in [1.82, 2.24) is 5.32 Å². The van der Waals surface area contributed by atoms with Crippen LogP contribution in [0.3, 0.4) is 0 Å². The maximum Gasteiger partial charge on any atom is 0.303 e. The molecule has 1 aliphatic carbocycles. The van der Waals surface area contributed by atoms with E-state index >= 15 is 0 Å². The van der Waals surface area contributed by atoms with Crippen LogP contribution in [0.1, 0.15) is 68.5 Å². The maximum atomic E-state index is 13.8. The maximum absolute atomic E-state index is 13.8. The van der Waals surface area contributed by atoms with Gasteiger partial charge in [-0.05, 0) is 43.9 Å². The highest BCUT2D eigenvalue weighted by atomic mass is 16.5. The molecule has 0 heterocycles. The number of nitrogens with zero attached hydrogens (tertiary/aromatic N) is 1. The molecule has 1 aliphatic rings. The first-order chi connectivity index (χ1) is 16.4. The summed E-state index contributed by atoms with van der Waals surface area (Å²) in [6, 6.07) is 13.9. The minimum Gasteiger partial charge on any atom is -0.495 e. The molecule has 7 nitrogen and oxygen atoms in total. The van der Waals surface area contributed by atoms with Gasteiger partial charge in [0.2, 0.25) is 11.8 Å². The van der Waals surface area contributed by atoms with Crippen molar-refractivity contribution in [3.63, 3.8) is 0 Å². The summed E-state index contributed by atoms with van der Waals surface area (Å²) in [5, 5.41) is 12.2. The number of carbonyl (C=O) groups excluding carboxylic acids is 2. The minimum atomic E-state index is -0.957. The Morgan fingerprint density at radius 3 is 2.35 bits per heavy atom. The lowest BCUT2D eigenvalue weighted by Crippen LogP contribution is -2.47. The van der Waals surface area contributed by atoms with Crippen molar-refractivity contribution in [2.75, 3.05) is 12.0 Å². The molecular weight excluding hydrogens is 432 g/mol. The van der Waals surface area contributed by atoms with Crippen LogP contribution in [0.4, 0.5) is 5.69 Å². The van der Waals surface area contributed by atoms with Gasteiger partial charge >= 0.3 is 5.97 Å². The van der Waals surface area contributed by atoms with Crippen LogP contribution in [0.2, 0.25) is 0 Å². The lowest BCUT2D eigenvalue weighted by Gasteiger charge is -2.34. The van der Waals surface area contributed by atoms with Crippen molar-refractivity contribution in [1.29, 1.82) is 0 Å². The molecule has 0 radical (unpaired) electrons. The number of aryl methyl sites for hydroxylation is 1. The highest BCUT2D eigenvalue weighted by molar-refractivity contribution is 6.02. The van der Waals surface area contributed by atoms with E-state index in [4.69, 9.17) is 9.84 Å². The van der Waals surface area contributed by atoms with Crippen LogP contribution in [-0.2, 0) is 14.4 Å². The molecule has 2 N–H and O–H groups in total. The average Bonchev–Trinajstić information content (AvgIpc) is 2.83. The zero-order valence-corrected chi connectivity index (χ0v) is 20.0. The number of anilines is 1. The molecule has 2 amide bonds. The molecule has 1 fully saturated rings. The van der Waals surface area contributed by atoms with E-state index in [1.165, 1.54) is 18.4 Å². The number of rotatable bonds is 10. The van der Waals surface area contributed by atoms with Crippen molar-refractivity contribution < 1.29 is 24.2 Å². The van der Waals surface area contributed by atoms with Gasteiger partial charge < -0.3 is 15.2 Å². The van der Waals surface area contributed by atoms with Crippen LogP contribution < -0.4 is 15.0 Å². The van der Waals surface area contributed by atoms with Crippen LogP contribution >= 0.6 is 0 Å². The summed E-state index contributed by atoms with van der Waals surface area (Å²) in [6.45, 7) is 1.97. The summed E-state index contributed by atoms with van der Waals surface area (Å²) in [4.78, 5) is 39.8. The van der Waals surface area contributed by atoms with Crippen LogP contribution in [0.5, 0.6) is 5.75 Å². The molecule has 34 heavy (non-hydrogen) atoms. The number of para-hydroxylation sites is 2. The lowest BCUT2D eigenvalue weighted by atomic mass is 9.94. The fourth-order valence-corrected chi connectivity index (χ4v) is 4.45. The molecular formula is C27H34N2O5. The third kappa shape index (κ3) is 6.59. The Morgan fingerprint density at radius 2 is 1.71 bits per heavy atom. The topological polar surface area (TPSA) is 95.9 Å². The number of methoxy groups -OCH3 is 1. The Labute approximate surface area is 201 Å². The largest absolute Gasteiger partial charge is 0.495 e. The van der Waals surface area contributed by atoms with Gasteiger partial charge in [-0.1, -0.05) is 61.2 Å². The molecule has 1 unspecified atom stereocenters. The van der Waals surface area contributed by atoms with E-state index < -0.39 is 12.0 Å². The van der Waals surface area contributed by atoms with Gasteiger partial charge in [0.05, 0.1) is 12.8 Å². The molecule has 0 saturated heterocycles. The molecule has 2 aromatic carbocycles. The van der Waals surface area contributed by atoms with Gasteiger partial charge in [0.1, 0.15) is 11.8 Å². The number of hydrogen-bond donors (Lipinski definition) is 2. The van der Waals surface area contributed by atoms with Gasteiger partial charge in [0.25, 0.3) is 0 Å². The molecule has 7 heteroatoms. The average molecular weight is 467 g/mol. The van der Waals surface area contributed by atoms with Gasteiger partial charge in [-0.25, -0.2) is 0 Å². The second-order valence-electron chi connectivity index (χ2n) is 8.84. The van der Waals surface area contributed by atoms with E-state index in [1.54, 1.807) is 24.3 Å². The van der Waals surface area contributed by atoms with Crippen molar-refractivity contribution in [2.24, 2.45) is 0 Å². The fraction of sp³-hybridized carbons (Fsp3) is 0.444. The monoisotopic (exact) mass is 466 g/mol. The molecule has 2 aromatic rings. The lowest BCUT2D eigenvalue weighted by molar-refractivity contribution is -0.137. The number of aliphatic carboxylic acids is 1. The third-order valence-corrected chi connectivity index (χ3v) is 6.25. The predicted molar refractivity (Wildman–Crippen MR) is 131 cm³/mol. The second kappa shape index (κ2) is 12.2. The number of carbonyl (C=O) groups is 3. The van der Waals surface area contributed by atoms with Crippen molar-refractivity contribution in [3.05, 3.63) is 59.7 Å². The first kappa shape index (κ1) is 25.3. The van der Waals surface area contributed by atoms with Crippen molar-refractivity contribution >= 4 is 23.5 Å². The van der Waals surface area contributed by atoms with E-state index in [0.29, 0.717) is 17.0 Å². The van der Waals surface area contributed by atoms with E-state index in [9.17, 15) is 14.4 Å². The van der Waals surface area contributed by atoms with Crippen molar-refractivity contribution in [2.45, 2.75) is 70.4 Å². The molecule has 0 bridgehead atoms. The Kier molecular flexibility index (Phi) is 9.08. The first-order valence-corrected chi connectivity index (χ1v) is 11.9. The number of benzene rings is 2. The second-order valence-corrected chi connectivity index (χ2v) is 8.84. The van der Waals surface area contributed by atoms with E-state index in [1.807, 2.05) is 31.2 Å². The number of hydrogen-bond acceptors (Lipinski definition) is 4. The van der Waals surface area contributed by atoms with Gasteiger partial charge in [0.15, 0.2) is 0 Å². The van der Waals surface area contributed by atoms with E-state index in [2.05, 4.69) is 5.32 Å². The van der Waals surface area contributed by atoms with E-state index in [-0.39, 0.29) is 37.1 Å². The first-order valence-electron chi connectivity index (χ1n) is 11.9. The molecule has 0 aliphatic heterocycles.